The van der Waals surface area contributed by atoms with Crippen LogP contribution in [0.25, 0.3) is 0 Å². The van der Waals surface area contributed by atoms with E-state index >= 15 is 0 Å². The van der Waals surface area contributed by atoms with E-state index in [0.717, 1.165) is 22.7 Å². The molecule has 0 unspecified atom stereocenters. The van der Waals surface area contributed by atoms with Crippen molar-refractivity contribution in [3.63, 3.8) is 0 Å². The van der Waals surface area contributed by atoms with Gasteiger partial charge in [-0.05, 0) is 47.7 Å². The van der Waals surface area contributed by atoms with E-state index in [9.17, 15) is 4.79 Å². The summed E-state index contributed by atoms with van der Waals surface area (Å²) in [5, 5.41) is 0. The number of benzene rings is 2. The summed E-state index contributed by atoms with van der Waals surface area (Å²) < 4.78 is 11.3. The standard InChI is InChI=1S/C21H25NO3/c1-15-5-10-19-18(13-15)22(20(23)14-25-19)11-12-24-17-8-6-16(7-9-17)21(2,3)4/h5-10,13H,11-12,14H2,1-4H3. The normalized spacial score (nSPS) is 14.1. The Morgan fingerprint density at radius 1 is 1.12 bits per heavy atom. The third-order valence-electron chi connectivity index (χ3n) is 4.36. The quantitative estimate of drug-likeness (QED) is 0.842. The maximum Gasteiger partial charge on any atom is 0.265 e. The number of ether oxygens (including phenoxy) is 2. The average Bonchev–Trinajstić information content (AvgIpc) is 2.56. The fourth-order valence-electron chi connectivity index (χ4n) is 2.86. The Kier molecular flexibility index (Phi) is 4.71. The number of carbonyl (C=O) groups is 1. The largest absolute Gasteiger partial charge is 0.492 e. The first-order valence-electron chi connectivity index (χ1n) is 8.62. The van der Waals surface area contributed by atoms with E-state index in [0.29, 0.717) is 13.2 Å². The molecule has 0 radical (unpaired) electrons. The van der Waals surface area contributed by atoms with E-state index in [1.807, 2.05) is 37.3 Å². The lowest BCUT2D eigenvalue weighted by Gasteiger charge is -2.29. The number of aryl methyl sites for hydroxylation is 1. The summed E-state index contributed by atoms with van der Waals surface area (Å²) in [5.74, 6) is 1.53. The molecule has 0 spiro atoms. The zero-order chi connectivity index (χ0) is 18.0. The molecule has 0 bridgehead atoms. The monoisotopic (exact) mass is 339 g/mol. The van der Waals surface area contributed by atoms with Crippen LogP contribution in [0.4, 0.5) is 5.69 Å². The molecule has 2 aromatic carbocycles. The van der Waals surface area contributed by atoms with Crippen molar-refractivity contribution in [2.24, 2.45) is 0 Å². The van der Waals surface area contributed by atoms with Crippen molar-refractivity contribution in [1.29, 1.82) is 0 Å². The van der Waals surface area contributed by atoms with Gasteiger partial charge in [-0.3, -0.25) is 4.79 Å². The first-order valence-corrected chi connectivity index (χ1v) is 8.62. The van der Waals surface area contributed by atoms with Gasteiger partial charge < -0.3 is 14.4 Å². The second-order valence-corrected chi connectivity index (χ2v) is 7.43. The molecular formula is C21H25NO3. The molecule has 0 fully saturated rings. The molecule has 1 aliphatic rings. The highest BCUT2D eigenvalue weighted by Gasteiger charge is 2.25. The molecular weight excluding hydrogens is 314 g/mol. The highest BCUT2D eigenvalue weighted by molar-refractivity contribution is 5.97. The molecule has 0 aliphatic carbocycles. The van der Waals surface area contributed by atoms with Crippen LogP contribution in [0.2, 0.25) is 0 Å². The number of nitrogens with zero attached hydrogens (tertiary/aromatic N) is 1. The maximum atomic E-state index is 12.2. The Balaban J connectivity index is 1.64. The SMILES string of the molecule is Cc1ccc2c(c1)N(CCOc1ccc(C(C)(C)C)cc1)C(=O)CO2. The van der Waals surface area contributed by atoms with Crippen molar-refractivity contribution in [3.8, 4) is 11.5 Å². The molecule has 1 heterocycles. The van der Waals surface area contributed by atoms with Crippen molar-refractivity contribution in [3.05, 3.63) is 53.6 Å². The van der Waals surface area contributed by atoms with Gasteiger partial charge in [-0.25, -0.2) is 0 Å². The molecule has 0 N–H and O–H groups in total. The molecule has 0 aromatic heterocycles. The van der Waals surface area contributed by atoms with E-state index in [4.69, 9.17) is 9.47 Å². The molecule has 2 aromatic rings. The molecule has 132 valence electrons. The second-order valence-electron chi connectivity index (χ2n) is 7.43. The highest BCUT2D eigenvalue weighted by atomic mass is 16.5. The van der Waals surface area contributed by atoms with Crippen molar-refractivity contribution in [2.75, 3.05) is 24.7 Å². The summed E-state index contributed by atoms with van der Waals surface area (Å²) in [4.78, 5) is 14.0. The van der Waals surface area contributed by atoms with Crippen LogP contribution in [0.1, 0.15) is 31.9 Å². The van der Waals surface area contributed by atoms with E-state index in [-0.39, 0.29) is 17.9 Å². The van der Waals surface area contributed by atoms with Crippen molar-refractivity contribution in [1.82, 2.24) is 0 Å². The van der Waals surface area contributed by atoms with Crippen molar-refractivity contribution >= 4 is 11.6 Å². The summed E-state index contributed by atoms with van der Waals surface area (Å²) in [5.41, 5.74) is 3.32. The third kappa shape index (κ3) is 3.95. The lowest BCUT2D eigenvalue weighted by Crippen LogP contribution is -2.41. The van der Waals surface area contributed by atoms with E-state index in [2.05, 4.69) is 32.9 Å². The highest BCUT2D eigenvalue weighted by Crippen LogP contribution is 2.32. The van der Waals surface area contributed by atoms with Gasteiger partial charge in [0, 0.05) is 0 Å². The van der Waals surface area contributed by atoms with Crippen LogP contribution in [0.3, 0.4) is 0 Å². The predicted octanol–water partition coefficient (Wildman–Crippen LogP) is 4.10. The van der Waals surface area contributed by atoms with Crippen LogP contribution < -0.4 is 14.4 Å². The Hall–Kier alpha value is -2.49. The Morgan fingerprint density at radius 2 is 1.84 bits per heavy atom. The summed E-state index contributed by atoms with van der Waals surface area (Å²) in [6, 6.07) is 14.0. The van der Waals surface area contributed by atoms with Gasteiger partial charge in [0.25, 0.3) is 5.91 Å². The fourth-order valence-corrected chi connectivity index (χ4v) is 2.86. The molecule has 0 saturated heterocycles. The van der Waals surface area contributed by atoms with Crippen LogP contribution >= 0.6 is 0 Å². The molecule has 3 rings (SSSR count). The van der Waals surface area contributed by atoms with Gasteiger partial charge in [0.2, 0.25) is 0 Å². The number of hydrogen-bond acceptors (Lipinski definition) is 3. The number of anilines is 1. The first-order chi connectivity index (χ1) is 11.8. The van der Waals surface area contributed by atoms with Gasteiger partial charge in [0.05, 0.1) is 12.2 Å². The molecule has 4 nitrogen and oxygen atoms in total. The smallest absolute Gasteiger partial charge is 0.265 e. The van der Waals surface area contributed by atoms with Gasteiger partial charge in [-0.15, -0.1) is 0 Å². The van der Waals surface area contributed by atoms with Gasteiger partial charge >= 0.3 is 0 Å². The van der Waals surface area contributed by atoms with Gasteiger partial charge in [0.15, 0.2) is 6.61 Å². The minimum absolute atomic E-state index is 0.0372. The van der Waals surface area contributed by atoms with Gasteiger partial charge in [-0.1, -0.05) is 39.0 Å². The first kappa shape index (κ1) is 17.3. The van der Waals surface area contributed by atoms with Crippen LogP contribution in [0.15, 0.2) is 42.5 Å². The van der Waals surface area contributed by atoms with Crippen LogP contribution in [0.5, 0.6) is 11.5 Å². The Bertz CT molecular complexity index is 760. The minimum Gasteiger partial charge on any atom is -0.492 e. The lowest BCUT2D eigenvalue weighted by molar-refractivity contribution is -0.121. The Labute approximate surface area is 149 Å². The summed E-state index contributed by atoms with van der Waals surface area (Å²) >= 11 is 0. The average molecular weight is 339 g/mol. The predicted molar refractivity (Wildman–Crippen MR) is 99.7 cm³/mol. The number of hydrogen-bond donors (Lipinski definition) is 0. The van der Waals surface area contributed by atoms with Crippen molar-refractivity contribution in [2.45, 2.75) is 33.1 Å². The summed E-state index contributed by atoms with van der Waals surface area (Å²) in [6.45, 7) is 9.58. The molecule has 1 aliphatic heterocycles. The summed E-state index contributed by atoms with van der Waals surface area (Å²) in [7, 11) is 0. The van der Waals surface area contributed by atoms with Crippen molar-refractivity contribution < 1.29 is 14.3 Å². The van der Waals surface area contributed by atoms with Crippen LogP contribution in [-0.2, 0) is 10.2 Å². The van der Waals surface area contributed by atoms with E-state index < -0.39 is 0 Å². The Morgan fingerprint density at radius 3 is 2.52 bits per heavy atom. The molecule has 25 heavy (non-hydrogen) atoms. The topological polar surface area (TPSA) is 38.8 Å². The molecule has 0 atom stereocenters. The number of amides is 1. The maximum absolute atomic E-state index is 12.2. The zero-order valence-corrected chi connectivity index (χ0v) is 15.3. The van der Waals surface area contributed by atoms with Crippen LogP contribution in [-0.4, -0.2) is 25.7 Å². The lowest BCUT2D eigenvalue weighted by atomic mass is 9.87. The van der Waals surface area contributed by atoms with E-state index in [1.165, 1.54) is 5.56 Å². The summed E-state index contributed by atoms with van der Waals surface area (Å²) in [6.07, 6.45) is 0. The zero-order valence-electron chi connectivity index (χ0n) is 15.3. The number of rotatable bonds is 4. The second kappa shape index (κ2) is 6.79. The molecule has 4 heteroatoms. The number of carbonyl (C=O) groups excluding carboxylic acids is 1. The number of fused-ring (bicyclic) bond motifs is 1. The fraction of sp³-hybridized carbons (Fsp3) is 0.381. The van der Waals surface area contributed by atoms with Crippen LogP contribution in [0, 0.1) is 6.92 Å². The van der Waals surface area contributed by atoms with Gasteiger partial charge in [0.1, 0.15) is 18.1 Å². The molecule has 1 amide bonds. The van der Waals surface area contributed by atoms with Gasteiger partial charge in [-0.2, -0.15) is 0 Å². The third-order valence-corrected chi connectivity index (χ3v) is 4.36. The molecule has 0 saturated carbocycles. The van der Waals surface area contributed by atoms with E-state index in [1.54, 1.807) is 4.90 Å². The minimum atomic E-state index is -0.0372.